The van der Waals surface area contributed by atoms with Gasteiger partial charge in [0.05, 0.1) is 6.54 Å². The molecule has 0 spiro atoms. The lowest BCUT2D eigenvalue weighted by Gasteiger charge is -2.19. The average molecular weight is 259 g/mol. The molecule has 0 radical (unpaired) electrons. The van der Waals surface area contributed by atoms with Crippen molar-refractivity contribution in [3.8, 4) is 0 Å². The molecule has 1 aromatic carbocycles. The molecule has 1 atom stereocenters. The van der Waals surface area contributed by atoms with Crippen molar-refractivity contribution in [1.29, 1.82) is 0 Å². The van der Waals surface area contributed by atoms with Gasteiger partial charge in [-0.3, -0.25) is 9.69 Å². The fraction of sp³-hybridized carbons (Fsp3) is 0.588. The Hall–Kier alpha value is -1.15. The summed E-state index contributed by atoms with van der Waals surface area (Å²) in [5.41, 5.74) is 1.13. The summed E-state index contributed by atoms with van der Waals surface area (Å²) in [7, 11) is 0. The first-order valence-electron chi connectivity index (χ1n) is 7.56. The van der Waals surface area contributed by atoms with Crippen LogP contribution in [0.25, 0.3) is 0 Å². The van der Waals surface area contributed by atoms with E-state index in [1.54, 1.807) is 0 Å². The molecule has 0 N–H and O–H groups in total. The van der Waals surface area contributed by atoms with E-state index in [-0.39, 0.29) is 0 Å². The summed E-state index contributed by atoms with van der Waals surface area (Å²) < 4.78 is 0. The second-order valence-corrected chi connectivity index (χ2v) is 5.68. The first-order valence-corrected chi connectivity index (χ1v) is 7.56. The quantitative estimate of drug-likeness (QED) is 0.808. The Morgan fingerprint density at radius 3 is 2.74 bits per heavy atom. The molecule has 0 aliphatic carbocycles. The summed E-state index contributed by atoms with van der Waals surface area (Å²) in [5.74, 6) is 1.22. The van der Waals surface area contributed by atoms with Crippen molar-refractivity contribution in [2.24, 2.45) is 5.92 Å². The minimum absolute atomic E-state index is 0.348. The highest BCUT2D eigenvalue weighted by molar-refractivity contribution is 5.82. The fourth-order valence-corrected chi connectivity index (χ4v) is 2.92. The highest BCUT2D eigenvalue weighted by Crippen LogP contribution is 2.20. The van der Waals surface area contributed by atoms with E-state index < -0.39 is 0 Å². The predicted octanol–water partition coefficient (Wildman–Crippen LogP) is 3.31. The lowest BCUT2D eigenvalue weighted by Crippen LogP contribution is -2.31. The van der Waals surface area contributed by atoms with Gasteiger partial charge in [0.2, 0.25) is 0 Å². The van der Waals surface area contributed by atoms with Crippen molar-refractivity contribution >= 4 is 5.78 Å². The third-order valence-electron chi connectivity index (χ3n) is 4.16. The van der Waals surface area contributed by atoms with Gasteiger partial charge in [0.15, 0.2) is 5.78 Å². The van der Waals surface area contributed by atoms with Crippen molar-refractivity contribution in [2.75, 3.05) is 19.6 Å². The Morgan fingerprint density at radius 2 is 2.00 bits per heavy atom. The molecule has 0 aromatic heterocycles. The first-order chi connectivity index (χ1) is 9.28. The van der Waals surface area contributed by atoms with Gasteiger partial charge in [-0.15, -0.1) is 0 Å². The summed E-state index contributed by atoms with van der Waals surface area (Å²) in [6.45, 7) is 5.10. The predicted molar refractivity (Wildman–Crippen MR) is 79.2 cm³/mol. The molecule has 1 heterocycles. The summed E-state index contributed by atoms with van der Waals surface area (Å²) in [4.78, 5) is 14.5. The summed E-state index contributed by atoms with van der Waals surface area (Å²) >= 11 is 0. The van der Waals surface area contributed by atoms with E-state index in [2.05, 4.69) is 11.8 Å². The average Bonchev–Trinajstić information content (AvgIpc) is 2.65. The van der Waals surface area contributed by atoms with E-state index in [0.717, 1.165) is 24.6 Å². The Kier molecular flexibility index (Phi) is 5.59. The lowest BCUT2D eigenvalue weighted by molar-refractivity contribution is -0.119. The van der Waals surface area contributed by atoms with Crippen LogP contribution in [-0.4, -0.2) is 30.3 Å². The van der Waals surface area contributed by atoms with E-state index in [0.29, 0.717) is 18.7 Å². The largest absolute Gasteiger partial charge is 0.298 e. The molecule has 19 heavy (non-hydrogen) atoms. The molecule has 2 rings (SSSR count). The standard InChI is InChI=1S/C17H25NO/c1-2-15-9-6-11-18(12-10-15)14-17(19)13-16-7-4-3-5-8-16/h3-5,7-8,15H,2,6,9-14H2,1H3. The number of rotatable bonds is 5. The Bertz CT molecular complexity index is 388. The van der Waals surface area contributed by atoms with Crippen molar-refractivity contribution in [2.45, 2.75) is 39.0 Å². The fourth-order valence-electron chi connectivity index (χ4n) is 2.92. The van der Waals surface area contributed by atoms with Gasteiger partial charge in [-0.25, -0.2) is 0 Å². The summed E-state index contributed by atoms with van der Waals surface area (Å²) in [6.07, 6.45) is 5.70. The molecule has 2 nitrogen and oxygen atoms in total. The summed E-state index contributed by atoms with van der Waals surface area (Å²) in [5, 5.41) is 0. The van der Waals surface area contributed by atoms with Gasteiger partial charge in [0.1, 0.15) is 0 Å². The molecular weight excluding hydrogens is 234 g/mol. The van der Waals surface area contributed by atoms with E-state index >= 15 is 0 Å². The van der Waals surface area contributed by atoms with Gasteiger partial charge in [-0.05, 0) is 43.8 Å². The van der Waals surface area contributed by atoms with Gasteiger partial charge >= 0.3 is 0 Å². The number of hydrogen-bond donors (Lipinski definition) is 0. The van der Waals surface area contributed by atoms with Crippen molar-refractivity contribution < 1.29 is 4.79 Å². The van der Waals surface area contributed by atoms with Crippen LogP contribution in [0.2, 0.25) is 0 Å². The van der Waals surface area contributed by atoms with Gasteiger partial charge < -0.3 is 0 Å². The van der Waals surface area contributed by atoms with E-state index in [1.807, 2.05) is 30.3 Å². The molecular formula is C17H25NO. The number of likely N-dealkylation sites (tertiary alicyclic amines) is 1. The van der Waals surface area contributed by atoms with Crippen LogP contribution >= 0.6 is 0 Å². The monoisotopic (exact) mass is 259 g/mol. The number of carbonyl (C=O) groups is 1. The van der Waals surface area contributed by atoms with Crippen LogP contribution in [-0.2, 0) is 11.2 Å². The zero-order valence-electron chi connectivity index (χ0n) is 12.0. The second kappa shape index (κ2) is 7.44. The highest BCUT2D eigenvalue weighted by Gasteiger charge is 2.17. The molecule has 1 unspecified atom stereocenters. The molecule has 1 fully saturated rings. The SMILES string of the molecule is CCC1CCCN(CC(=O)Cc2ccccc2)CC1. The smallest absolute Gasteiger partial charge is 0.151 e. The van der Waals surface area contributed by atoms with Gasteiger partial charge in [-0.2, -0.15) is 0 Å². The Balaban J connectivity index is 1.79. The van der Waals surface area contributed by atoms with Crippen molar-refractivity contribution in [3.05, 3.63) is 35.9 Å². The minimum Gasteiger partial charge on any atom is -0.298 e. The molecule has 0 bridgehead atoms. The minimum atomic E-state index is 0.348. The maximum atomic E-state index is 12.1. The molecule has 1 aliphatic rings. The highest BCUT2D eigenvalue weighted by atomic mass is 16.1. The van der Waals surface area contributed by atoms with Crippen LogP contribution < -0.4 is 0 Å². The second-order valence-electron chi connectivity index (χ2n) is 5.68. The first kappa shape index (κ1) is 14.3. The van der Waals surface area contributed by atoms with Crippen molar-refractivity contribution in [3.63, 3.8) is 0 Å². The Morgan fingerprint density at radius 1 is 1.21 bits per heavy atom. The maximum Gasteiger partial charge on any atom is 0.151 e. The number of Topliss-reactive ketones (excluding diaryl/α,β-unsaturated/α-hetero) is 1. The Labute approximate surface area is 116 Å². The molecule has 1 aromatic rings. The molecule has 2 heteroatoms. The van der Waals surface area contributed by atoms with Crippen LogP contribution in [0.3, 0.4) is 0 Å². The van der Waals surface area contributed by atoms with Crippen LogP contribution in [0.15, 0.2) is 30.3 Å². The van der Waals surface area contributed by atoms with Crippen LogP contribution in [0, 0.1) is 5.92 Å². The maximum absolute atomic E-state index is 12.1. The van der Waals surface area contributed by atoms with Crippen LogP contribution in [0.4, 0.5) is 0 Å². The molecule has 104 valence electrons. The van der Waals surface area contributed by atoms with E-state index in [4.69, 9.17) is 0 Å². The number of carbonyl (C=O) groups excluding carboxylic acids is 1. The third kappa shape index (κ3) is 4.79. The van der Waals surface area contributed by atoms with Crippen molar-refractivity contribution in [1.82, 2.24) is 4.90 Å². The number of nitrogens with zero attached hydrogens (tertiary/aromatic N) is 1. The third-order valence-corrected chi connectivity index (χ3v) is 4.16. The number of ketones is 1. The normalized spacial score (nSPS) is 21.0. The zero-order chi connectivity index (χ0) is 13.5. The number of benzene rings is 1. The number of hydrogen-bond acceptors (Lipinski definition) is 2. The molecule has 1 aliphatic heterocycles. The topological polar surface area (TPSA) is 20.3 Å². The summed E-state index contributed by atoms with van der Waals surface area (Å²) in [6, 6.07) is 10.1. The van der Waals surface area contributed by atoms with Gasteiger partial charge in [-0.1, -0.05) is 43.7 Å². The van der Waals surface area contributed by atoms with Gasteiger partial charge in [0.25, 0.3) is 0 Å². The van der Waals surface area contributed by atoms with Crippen LogP contribution in [0.5, 0.6) is 0 Å². The van der Waals surface area contributed by atoms with Gasteiger partial charge in [0, 0.05) is 6.42 Å². The van der Waals surface area contributed by atoms with E-state index in [9.17, 15) is 4.79 Å². The molecule has 1 saturated heterocycles. The molecule has 0 amide bonds. The lowest BCUT2D eigenvalue weighted by atomic mass is 9.98. The zero-order valence-corrected chi connectivity index (χ0v) is 12.0. The van der Waals surface area contributed by atoms with E-state index in [1.165, 1.54) is 25.7 Å². The molecule has 0 saturated carbocycles. The van der Waals surface area contributed by atoms with Crippen LogP contribution in [0.1, 0.15) is 38.2 Å².